The molecule has 25 heavy (non-hydrogen) atoms. The lowest BCUT2D eigenvalue weighted by Gasteiger charge is -2.16. The van der Waals surface area contributed by atoms with E-state index in [1.165, 1.54) is 0 Å². The summed E-state index contributed by atoms with van der Waals surface area (Å²) in [7, 11) is 5.94. The highest BCUT2D eigenvalue weighted by Crippen LogP contribution is 2.29. The van der Waals surface area contributed by atoms with Crippen LogP contribution in [0.25, 0.3) is 11.4 Å². The molecule has 0 fully saturated rings. The van der Waals surface area contributed by atoms with Crippen molar-refractivity contribution in [3.8, 4) is 11.4 Å². The lowest BCUT2D eigenvalue weighted by atomic mass is 10.1. The molecule has 134 valence electrons. The molecule has 0 saturated heterocycles. The summed E-state index contributed by atoms with van der Waals surface area (Å²) in [6, 6.07) is 1.88. The molecule has 0 radical (unpaired) electrons. The second-order valence-electron chi connectivity index (χ2n) is 6.36. The predicted molar refractivity (Wildman–Crippen MR) is 96.3 cm³/mol. The lowest BCUT2D eigenvalue weighted by Crippen LogP contribution is -2.20. The normalized spacial score (nSPS) is 11.6. The highest BCUT2D eigenvalue weighted by atomic mass is 35.5. The van der Waals surface area contributed by atoms with E-state index in [2.05, 4.69) is 31.8 Å². The first-order chi connectivity index (χ1) is 12.0. The van der Waals surface area contributed by atoms with Gasteiger partial charge in [0.25, 0.3) is 0 Å². The van der Waals surface area contributed by atoms with Gasteiger partial charge in [-0.25, -0.2) is 4.98 Å². The van der Waals surface area contributed by atoms with Gasteiger partial charge < -0.3 is 14.0 Å². The van der Waals surface area contributed by atoms with Gasteiger partial charge in [-0.2, -0.15) is 5.10 Å². The largest absolute Gasteiger partial charge is 0.361 e. The Balaban J connectivity index is 1.66. The number of imidazole rings is 1. The van der Waals surface area contributed by atoms with E-state index < -0.39 is 0 Å². The zero-order valence-electron chi connectivity index (χ0n) is 15.0. The lowest BCUT2D eigenvalue weighted by molar-refractivity contribution is 0.321. The van der Waals surface area contributed by atoms with E-state index in [0.29, 0.717) is 11.7 Å². The van der Waals surface area contributed by atoms with Crippen molar-refractivity contribution in [2.45, 2.75) is 26.3 Å². The number of nitrogens with zero attached hydrogens (tertiary/aromatic N) is 6. The molecule has 0 amide bonds. The molecule has 0 bridgehead atoms. The number of hydrogen-bond donors (Lipinski definition) is 0. The summed E-state index contributed by atoms with van der Waals surface area (Å²) in [6.45, 7) is 3.51. The monoisotopic (exact) mass is 362 g/mol. The first kappa shape index (κ1) is 17.7. The summed E-state index contributed by atoms with van der Waals surface area (Å²) in [5.74, 6) is 1.86. The third-order valence-corrected chi connectivity index (χ3v) is 4.70. The van der Waals surface area contributed by atoms with Gasteiger partial charge in [0.15, 0.2) is 0 Å². The molecule has 0 aliphatic heterocycles. The molecule has 3 aromatic heterocycles. The number of hydrogen-bond acceptors (Lipinski definition) is 5. The highest BCUT2D eigenvalue weighted by molar-refractivity contribution is 6.30. The third kappa shape index (κ3) is 3.93. The van der Waals surface area contributed by atoms with Crippen LogP contribution in [-0.2, 0) is 27.1 Å². The maximum absolute atomic E-state index is 6.45. The Hall–Kier alpha value is -2.12. The number of rotatable bonds is 7. The minimum absolute atomic E-state index is 0.631. The van der Waals surface area contributed by atoms with Crippen LogP contribution in [0.4, 0.5) is 0 Å². The SMILES string of the molecule is Cc1cc(-c2nn(C)c(Cl)c2CN(C)CCCc2nccn2C)no1. The molecule has 0 aliphatic carbocycles. The van der Waals surface area contributed by atoms with Gasteiger partial charge in [-0.15, -0.1) is 0 Å². The number of aromatic nitrogens is 5. The molecule has 0 spiro atoms. The van der Waals surface area contributed by atoms with Gasteiger partial charge in [0, 0.05) is 51.1 Å². The van der Waals surface area contributed by atoms with E-state index in [-0.39, 0.29) is 0 Å². The van der Waals surface area contributed by atoms with E-state index in [9.17, 15) is 0 Å². The maximum atomic E-state index is 6.45. The summed E-state index contributed by atoms with van der Waals surface area (Å²) < 4.78 is 8.92. The zero-order chi connectivity index (χ0) is 18.0. The molecule has 8 heteroatoms. The van der Waals surface area contributed by atoms with Crippen LogP contribution in [0.1, 0.15) is 23.6 Å². The van der Waals surface area contributed by atoms with Crippen LogP contribution in [0.3, 0.4) is 0 Å². The summed E-state index contributed by atoms with van der Waals surface area (Å²) in [5, 5.41) is 9.21. The van der Waals surface area contributed by atoms with Crippen molar-refractivity contribution in [1.29, 1.82) is 0 Å². The highest BCUT2D eigenvalue weighted by Gasteiger charge is 2.20. The average molecular weight is 363 g/mol. The second kappa shape index (κ2) is 7.41. The summed E-state index contributed by atoms with van der Waals surface area (Å²) in [5.41, 5.74) is 2.47. The molecule has 0 atom stereocenters. The van der Waals surface area contributed by atoms with Gasteiger partial charge in [-0.05, 0) is 26.9 Å². The van der Waals surface area contributed by atoms with Gasteiger partial charge >= 0.3 is 0 Å². The third-order valence-electron chi connectivity index (χ3n) is 4.23. The molecule has 3 aromatic rings. The van der Waals surface area contributed by atoms with E-state index >= 15 is 0 Å². The van der Waals surface area contributed by atoms with Gasteiger partial charge in [-0.1, -0.05) is 16.8 Å². The van der Waals surface area contributed by atoms with Crippen molar-refractivity contribution < 1.29 is 4.52 Å². The van der Waals surface area contributed by atoms with Gasteiger partial charge in [0.2, 0.25) is 0 Å². The Bertz CT molecular complexity index is 849. The first-order valence-corrected chi connectivity index (χ1v) is 8.63. The van der Waals surface area contributed by atoms with Gasteiger partial charge in [0.05, 0.1) is 0 Å². The predicted octanol–water partition coefficient (Wildman–Crippen LogP) is 2.84. The van der Waals surface area contributed by atoms with Crippen LogP contribution in [0, 0.1) is 6.92 Å². The summed E-state index contributed by atoms with van der Waals surface area (Å²) in [6.07, 6.45) is 5.78. The van der Waals surface area contributed by atoms with Crippen LogP contribution in [-0.4, -0.2) is 43.0 Å². The standard InChI is InChI=1S/C17H23ClN6O/c1-12-10-14(21-25-12)16-13(17(18)24(4)20-16)11-22(2)8-5-6-15-19-7-9-23(15)3/h7,9-10H,5-6,8,11H2,1-4H3. The van der Waals surface area contributed by atoms with E-state index in [4.69, 9.17) is 16.1 Å². The van der Waals surface area contributed by atoms with Gasteiger partial charge in [0.1, 0.15) is 28.1 Å². The molecule has 3 rings (SSSR count). The van der Waals surface area contributed by atoms with Crippen LogP contribution >= 0.6 is 11.6 Å². The van der Waals surface area contributed by atoms with Crippen molar-refractivity contribution in [1.82, 2.24) is 29.4 Å². The van der Waals surface area contributed by atoms with Crippen molar-refractivity contribution in [3.05, 3.63) is 40.8 Å². The van der Waals surface area contributed by atoms with Crippen molar-refractivity contribution in [2.75, 3.05) is 13.6 Å². The fourth-order valence-corrected chi connectivity index (χ4v) is 3.05. The van der Waals surface area contributed by atoms with Crippen molar-refractivity contribution in [2.24, 2.45) is 14.1 Å². The van der Waals surface area contributed by atoms with E-state index in [1.54, 1.807) is 4.68 Å². The second-order valence-corrected chi connectivity index (χ2v) is 6.72. The fraction of sp³-hybridized carbons (Fsp3) is 0.471. The summed E-state index contributed by atoms with van der Waals surface area (Å²) in [4.78, 5) is 6.60. The Morgan fingerprint density at radius 2 is 2.12 bits per heavy atom. The Kier molecular flexibility index (Phi) is 5.24. The van der Waals surface area contributed by atoms with E-state index in [1.807, 2.05) is 39.5 Å². The molecule has 0 N–H and O–H groups in total. The molecular weight excluding hydrogens is 340 g/mol. The molecular formula is C17H23ClN6O. The average Bonchev–Trinajstić information content (AvgIpc) is 3.24. The molecule has 7 nitrogen and oxygen atoms in total. The van der Waals surface area contributed by atoms with Crippen LogP contribution < -0.4 is 0 Å². The topological polar surface area (TPSA) is 64.9 Å². The summed E-state index contributed by atoms with van der Waals surface area (Å²) >= 11 is 6.45. The number of halogens is 1. The minimum Gasteiger partial charge on any atom is -0.361 e. The van der Waals surface area contributed by atoms with Crippen molar-refractivity contribution >= 4 is 11.6 Å². The molecule has 0 saturated carbocycles. The number of aryl methyl sites for hydroxylation is 4. The Morgan fingerprint density at radius 3 is 2.76 bits per heavy atom. The van der Waals surface area contributed by atoms with Crippen LogP contribution in [0.2, 0.25) is 5.15 Å². The van der Waals surface area contributed by atoms with Crippen LogP contribution in [0.15, 0.2) is 23.0 Å². The zero-order valence-corrected chi connectivity index (χ0v) is 15.8. The molecule has 0 aliphatic rings. The Morgan fingerprint density at radius 1 is 1.32 bits per heavy atom. The van der Waals surface area contributed by atoms with E-state index in [0.717, 1.165) is 47.9 Å². The minimum atomic E-state index is 0.631. The van der Waals surface area contributed by atoms with Crippen molar-refractivity contribution in [3.63, 3.8) is 0 Å². The fourth-order valence-electron chi connectivity index (χ4n) is 2.86. The smallest absolute Gasteiger partial charge is 0.134 e. The maximum Gasteiger partial charge on any atom is 0.134 e. The van der Waals surface area contributed by atoms with Crippen LogP contribution in [0.5, 0.6) is 0 Å². The molecule has 0 aromatic carbocycles. The molecule has 0 unspecified atom stereocenters. The first-order valence-electron chi connectivity index (χ1n) is 8.25. The quantitative estimate of drug-likeness (QED) is 0.646. The van der Waals surface area contributed by atoms with Gasteiger partial charge in [-0.3, -0.25) is 4.68 Å². The Labute approximate surface area is 152 Å². The molecule has 3 heterocycles.